The van der Waals surface area contributed by atoms with Crippen LogP contribution in [-0.2, 0) is 0 Å². The summed E-state index contributed by atoms with van der Waals surface area (Å²) in [6, 6.07) is 0. The molecule has 2 rings (SSSR count). The molecule has 2 heterocycles. The second kappa shape index (κ2) is 4.74. The van der Waals surface area contributed by atoms with E-state index in [0.29, 0.717) is 17.0 Å². The van der Waals surface area contributed by atoms with Gasteiger partial charge in [0.15, 0.2) is 11.5 Å². The van der Waals surface area contributed by atoms with Gasteiger partial charge in [-0.05, 0) is 0 Å². The molecule has 0 saturated carbocycles. The molecule has 0 aliphatic rings. The fourth-order valence-corrected chi connectivity index (χ4v) is 0.784. The summed E-state index contributed by atoms with van der Waals surface area (Å²) in [4.78, 5) is 14.4. The van der Waals surface area contributed by atoms with E-state index in [-0.39, 0.29) is 48.0 Å². The molecule has 0 aliphatic carbocycles. The van der Waals surface area contributed by atoms with Crippen LogP contribution < -0.4 is 5.73 Å². The van der Waals surface area contributed by atoms with Crippen LogP contribution in [0.15, 0.2) is 12.7 Å². The highest BCUT2D eigenvalue weighted by Gasteiger charge is 1.99. The Kier molecular flexibility index (Phi) is 4.67. The number of rotatable bonds is 0. The maximum atomic E-state index is 5.48. The normalized spacial score (nSPS) is 8.67. The number of H-pyrrole nitrogens is 1. The topological polar surface area (TPSA) is 80.5 Å². The number of nitrogens with two attached hydrogens (primary N) is 1. The van der Waals surface area contributed by atoms with Crippen molar-refractivity contribution in [1.82, 2.24) is 19.9 Å². The van der Waals surface area contributed by atoms with Gasteiger partial charge in [-0.25, -0.2) is 15.0 Å². The van der Waals surface area contributed by atoms with Crippen LogP contribution in [0.25, 0.3) is 11.2 Å². The average molecular weight is 391 g/mol. The summed E-state index contributed by atoms with van der Waals surface area (Å²) in [5, 5.41) is 0. The molecule has 2 aromatic rings. The van der Waals surface area contributed by atoms with Crippen molar-refractivity contribution in [2.45, 2.75) is 0 Å². The first-order valence-corrected chi connectivity index (χ1v) is 2.77. The van der Waals surface area contributed by atoms with E-state index in [4.69, 9.17) is 5.73 Å². The average Bonchev–Trinajstić information content (AvgIpc) is 2.36. The number of halogens is 2. The molecule has 0 spiro atoms. The largest absolute Gasteiger partial charge is 0.382 e. The summed E-state index contributed by atoms with van der Waals surface area (Å²) < 4.78 is 0. The maximum absolute atomic E-state index is 5.48. The van der Waals surface area contributed by atoms with Gasteiger partial charge in [0.2, 0.25) is 0 Å². The number of fused-ring (bicyclic) bond motifs is 1. The molecule has 12 heavy (non-hydrogen) atoms. The number of nitrogens with zero attached hydrogens (tertiary/aromatic N) is 3. The molecule has 0 unspecified atom stereocenters. The van der Waals surface area contributed by atoms with E-state index in [1.165, 1.54) is 12.7 Å². The zero-order valence-electron chi connectivity index (χ0n) is 5.89. The molecule has 0 fully saturated rings. The Morgan fingerprint density at radius 1 is 1.17 bits per heavy atom. The van der Waals surface area contributed by atoms with E-state index in [1.54, 1.807) is 0 Å². The number of hydrogen-bond acceptors (Lipinski definition) is 4. The predicted octanol–water partition coefficient (Wildman–Crippen LogP) is 1.17. The van der Waals surface area contributed by atoms with E-state index < -0.39 is 0 Å². The molecule has 0 atom stereocenters. The van der Waals surface area contributed by atoms with Gasteiger partial charge < -0.3 is 10.7 Å². The lowest BCUT2D eigenvalue weighted by Gasteiger charge is -1.89. The molecule has 2 aromatic heterocycles. The molecule has 7 heteroatoms. The van der Waals surface area contributed by atoms with Crippen LogP contribution in [-0.4, -0.2) is 19.9 Å². The molecular formula is C5H7I2N5. The number of aromatic amines is 1. The maximum Gasteiger partial charge on any atom is 0.182 e. The number of nitrogen functional groups attached to an aromatic ring is 1. The summed E-state index contributed by atoms with van der Waals surface area (Å²) >= 11 is 0. The second-order valence-corrected chi connectivity index (χ2v) is 1.86. The minimum absolute atomic E-state index is 0. The van der Waals surface area contributed by atoms with Crippen molar-refractivity contribution >= 4 is 64.9 Å². The third-order valence-corrected chi connectivity index (χ3v) is 1.25. The van der Waals surface area contributed by atoms with Crippen molar-refractivity contribution in [2.24, 2.45) is 0 Å². The van der Waals surface area contributed by atoms with Crippen molar-refractivity contribution in [3.05, 3.63) is 12.7 Å². The van der Waals surface area contributed by atoms with Gasteiger partial charge in [0.05, 0.1) is 6.33 Å². The lowest BCUT2D eigenvalue weighted by molar-refractivity contribution is 1.21. The van der Waals surface area contributed by atoms with Crippen LogP contribution in [0.2, 0.25) is 0 Å². The third-order valence-electron chi connectivity index (χ3n) is 1.25. The monoisotopic (exact) mass is 391 g/mol. The first kappa shape index (κ1) is 11.8. The summed E-state index contributed by atoms with van der Waals surface area (Å²) in [5.74, 6) is 0.433. The fraction of sp³-hybridized carbons (Fsp3) is 0. The minimum atomic E-state index is 0. The first-order valence-electron chi connectivity index (χ1n) is 2.77. The van der Waals surface area contributed by atoms with Crippen LogP contribution in [0.3, 0.4) is 0 Å². The highest BCUT2D eigenvalue weighted by molar-refractivity contribution is 14.0. The van der Waals surface area contributed by atoms with E-state index in [2.05, 4.69) is 19.9 Å². The summed E-state index contributed by atoms with van der Waals surface area (Å²) in [6.07, 6.45) is 2.92. The number of hydrogen-bond donors (Lipinski definition) is 2. The molecule has 0 bridgehead atoms. The molecule has 0 radical (unpaired) electrons. The molecule has 66 valence electrons. The van der Waals surface area contributed by atoms with Crippen molar-refractivity contribution in [3.63, 3.8) is 0 Å². The van der Waals surface area contributed by atoms with E-state index >= 15 is 0 Å². The zero-order chi connectivity index (χ0) is 6.97. The van der Waals surface area contributed by atoms with Gasteiger partial charge in [-0.15, -0.1) is 48.0 Å². The number of nitrogens with one attached hydrogen (secondary N) is 1. The molecule has 0 aliphatic heterocycles. The Bertz CT molecular complexity index is 359. The molecule has 3 N–H and O–H groups in total. The quantitative estimate of drug-likeness (QED) is 0.662. The van der Waals surface area contributed by atoms with Gasteiger partial charge in [0, 0.05) is 0 Å². The van der Waals surface area contributed by atoms with Gasteiger partial charge >= 0.3 is 0 Å². The van der Waals surface area contributed by atoms with Gasteiger partial charge in [-0.2, -0.15) is 0 Å². The van der Waals surface area contributed by atoms with Crippen LogP contribution >= 0.6 is 48.0 Å². The molecular weight excluding hydrogens is 384 g/mol. The Hall–Kier alpha value is -0.190. The molecule has 0 aromatic carbocycles. The van der Waals surface area contributed by atoms with Gasteiger partial charge in [0.25, 0.3) is 0 Å². The van der Waals surface area contributed by atoms with Gasteiger partial charge in [-0.3, -0.25) is 0 Å². The minimum Gasteiger partial charge on any atom is -0.382 e. The third kappa shape index (κ3) is 1.94. The van der Waals surface area contributed by atoms with Gasteiger partial charge in [0.1, 0.15) is 11.8 Å². The predicted molar refractivity (Wildman–Crippen MR) is 66.9 cm³/mol. The lowest BCUT2D eigenvalue weighted by atomic mass is 10.5. The number of imidazole rings is 1. The Morgan fingerprint density at radius 3 is 2.58 bits per heavy atom. The summed E-state index contributed by atoms with van der Waals surface area (Å²) in [5.41, 5.74) is 6.78. The molecule has 0 amide bonds. The second-order valence-electron chi connectivity index (χ2n) is 1.86. The highest BCUT2D eigenvalue weighted by atomic mass is 127. The van der Waals surface area contributed by atoms with Crippen LogP contribution in [0.5, 0.6) is 0 Å². The Morgan fingerprint density at radius 2 is 1.92 bits per heavy atom. The summed E-state index contributed by atoms with van der Waals surface area (Å²) in [6.45, 7) is 0. The van der Waals surface area contributed by atoms with Crippen molar-refractivity contribution in [1.29, 1.82) is 0 Å². The number of aromatic nitrogens is 4. The van der Waals surface area contributed by atoms with Crippen LogP contribution in [0.1, 0.15) is 0 Å². The highest BCUT2D eigenvalue weighted by Crippen LogP contribution is 2.09. The van der Waals surface area contributed by atoms with E-state index in [9.17, 15) is 0 Å². The van der Waals surface area contributed by atoms with E-state index in [1.807, 2.05) is 0 Å². The fourth-order valence-electron chi connectivity index (χ4n) is 0.784. The summed E-state index contributed by atoms with van der Waals surface area (Å²) in [7, 11) is 0. The van der Waals surface area contributed by atoms with Crippen molar-refractivity contribution < 1.29 is 0 Å². The Balaban J connectivity index is 0.000000605. The van der Waals surface area contributed by atoms with Crippen molar-refractivity contribution in [3.8, 4) is 0 Å². The zero-order valence-corrected chi connectivity index (χ0v) is 10.6. The smallest absolute Gasteiger partial charge is 0.182 e. The van der Waals surface area contributed by atoms with E-state index in [0.717, 1.165) is 0 Å². The standard InChI is InChI=1S/C5H5N5.2HI/c6-4-3-5(9-1-7-3)10-2-8-4;;/h1-2H,(H3,6,7,8,9,10);2*1H. The van der Waals surface area contributed by atoms with Crippen molar-refractivity contribution in [2.75, 3.05) is 5.73 Å². The molecule has 5 nitrogen and oxygen atoms in total. The van der Waals surface area contributed by atoms with Crippen LogP contribution in [0.4, 0.5) is 5.82 Å². The first-order chi connectivity index (χ1) is 4.88. The SMILES string of the molecule is I.I.Nc1ncnc2nc[nH]c12. The number of anilines is 1. The lowest BCUT2D eigenvalue weighted by Crippen LogP contribution is -1.91. The Labute approximate surface area is 103 Å². The van der Waals surface area contributed by atoms with Gasteiger partial charge in [-0.1, -0.05) is 0 Å². The molecule has 0 saturated heterocycles. The van der Waals surface area contributed by atoms with Crippen LogP contribution in [0, 0.1) is 0 Å².